The fourth-order valence-electron chi connectivity index (χ4n) is 2.18. The van der Waals surface area contributed by atoms with Gasteiger partial charge in [-0.3, -0.25) is 0 Å². The molecule has 94 valence electrons. The van der Waals surface area contributed by atoms with Gasteiger partial charge in [0.25, 0.3) is 0 Å². The maximum atomic E-state index is 5.87. The van der Waals surface area contributed by atoms with Gasteiger partial charge in [0, 0.05) is 18.9 Å². The normalized spacial score (nSPS) is 29.1. The first-order chi connectivity index (χ1) is 8.02. The average Bonchev–Trinajstić information content (AvgIpc) is 2.13. The second-order valence-electron chi connectivity index (χ2n) is 4.54. The Balaban J connectivity index is 2.04. The van der Waals surface area contributed by atoms with Crippen LogP contribution in [0.4, 0.5) is 0 Å². The lowest BCUT2D eigenvalue weighted by molar-refractivity contribution is -0.0730. The minimum absolute atomic E-state index is 0.138. The number of halogens is 1. The molecule has 2 unspecified atom stereocenters. The molecule has 2 heterocycles. The monoisotopic (exact) mass is 256 g/mol. The van der Waals surface area contributed by atoms with Crippen LogP contribution in [0.1, 0.15) is 32.5 Å². The Bertz CT molecular complexity index is 370. The summed E-state index contributed by atoms with van der Waals surface area (Å²) in [6.45, 7) is 5.92. The van der Waals surface area contributed by atoms with E-state index in [1.54, 1.807) is 13.0 Å². The van der Waals surface area contributed by atoms with Crippen molar-refractivity contribution in [3.63, 3.8) is 0 Å². The molecule has 0 aromatic carbocycles. The van der Waals surface area contributed by atoms with Crippen LogP contribution in [-0.2, 0) is 4.74 Å². The van der Waals surface area contributed by atoms with Gasteiger partial charge in [-0.05, 0) is 20.8 Å². The maximum absolute atomic E-state index is 5.87. The van der Waals surface area contributed by atoms with E-state index >= 15 is 0 Å². The molecule has 0 aliphatic carbocycles. The van der Waals surface area contributed by atoms with Crippen LogP contribution in [0.5, 0.6) is 5.88 Å². The highest BCUT2D eigenvalue weighted by atomic mass is 35.5. The Labute approximate surface area is 106 Å². The molecular weight excluding hydrogens is 240 g/mol. The SMILES string of the molecule is Cc1nc(Cl)cc(OC2CC(C)OC(C)C2)n1. The molecule has 0 bridgehead atoms. The number of aromatic nitrogens is 2. The topological polar surface area (TPSA) is 44.2 Å². The first-order valence-corrected chi connectivity index (χ1v) is 6.24. The van der Waals surface area contributed by atoms with Crippen molar-refractivity contribution in [3.8, 4) is 5.88 Å². The number of rotatable bonds is 2. The van der Waals surface area contributed by atoms with Crippen LogP contribution in [0.25, 0.3) is 0 Å². The largest absolute Gasteiger partial charge is 0.474 e. The molecule has 0 radical (unpaired) electrons. The van der Waals surface area contributed by atoms with E-state index in [1.165, 1.54) is 0 Å². The molecule has 2 rings (SSSR count). The van der Waals surface area contributed by atoms with Crippen molar-refractivity contribution < 1.29 is 9.47 Å². The zero-order valence-corrected chi connectivity index (χ0v) is 11.1. The third kappa shape index (κ3) is 3.54. The van der Waals surface area contributed by atoms with E-state index in [9.17, 15) is 0 Å². The molecular formula is C12H17ClN2O2. The lowest BCUT2D eigenvalue weighted by atomic mass is 10.0. The highest BCUT2D eigenvalue weighted by Crippen LogP contribution is 2.24. The van der Waals surface area contributed by atoms with Crippen molar-refractivity contribution in [1.82, 2.24) is 9.97 Å². The molecule has 0 saturated carbocycles. The van der Waals surface area contributed by atoms with Crippen LogP contribution in [0, 0.1) is 6.92 Å². The summed E-state index contributed by atoms with van der Waals surface area (Å²) in [5, 5.41) is 0.417. The Hall–Kier alpha value is -0.870. The van der Waals surface area contributed by atoms with Gasteiger partial charge in [0.15, 0.2) is 0 Å². The molecule has 1 aromatic rings. The molecule has 4 nitrogen and oxygen atoms in total. The Morgan fingerprint density at radius 1 is 1.29 bits per heavy atom. The Morgan fingerprint density at radius 3 is 2.53 bits per heavy atom. The second-order valence-corrected chi connectivity index (χ2v) is 4.93. The van der Waals surface area contributed by atoms with Gasteiger partial charge in [0.2, 0.25) is 5.88 Å². The smallest absolute Gasteiger partial charge is 0.218 e. The zero-order chi connectivity index (χ0) is 12.4. The molecule has 1 saturated heterocycles. The van der Waals surface area contributed by atoms with Crippen molar-refractivity contribution in [2.45, 2.75) is 51.9 Å². The summed E-state index contributed by atoms with van der Waals surface area (Å²) in [7, 11) is 0. The van der Waals surface area contributed by atoms with Crippen molar-refractivity contribution in [3.05, 3.63) is 17.0 Å². The van der Waals surface area contributed by atoms with E-state index in [4.69, 9.17) is 21.1 Å². The number of nitrogens with zero attached hydrogens (tertiary/aromatic N) is 2. The van der Waals surface area contributed by atoms with Gasteiger partial charge in [0.05, 0.1) is 12.2 Å². The van der Waals surface area contributed by atoms with E-state index in [-0.39, 0.29) is 18.3 Å². The second kappa shape index (κ2) is 5.19. The van der Waals surface area contributed by atoms with Gasteiger partial charge < -0.3 is 9.47 Å². The van der Waals surface area contributed by atoms with E-state index in [0.717, 1.165) is 12.8 Å². The van der Waals surface area contributed by atoms with Crippen molar-refractivity contribution in [2.75, 3.05) is 0 Å². The van der Waals surface area contributed by atoms with Crippen LogP contribution in [0.3, 0.4) is 0 Å². The van der Waals surface area contributed by atoms with Gasteiger partial charge in [0.1, 0.15) is 17.1 Å². The lowest BCUT2D eigenvalue weighted by Gasteiger charge is -2.31. The van der Waals surface area contributed by atoms with Gasteiger partial charge in [-0.25, -0.2) is 4.98 Å². The van der Waals surface area contributed by atoms with E-state index < -0.39 is 0 Å². The molecule has 1 aliphatic heterocycles. The van der Waals surface area contributed by atoms with Gasteiger partial charge in [-0.15, -0.1) is 0 Å². The molecule has 0 amide bonds. The molecule has 1 fully saturated rings. The number of aryl methyl sites for hydroxylation is 1. The molecule has 2 atom stereocenters. The predicted molar refractivity (Wildman–Crippen MR) is 65.4 cm³/mol. The summed E-state index contributed by atoms with van der Waals surface area (Å²) < 4.78 is 11.5. The van der Waals surface area contributed by atoms with Gasteiger partial charge >= 0.3 is 0 Å². The molecule has 0 spiro atoms. The van der Waals surface area contributed by atoms with E-state index in [0.29, 0.717) is 16.9 Å². The summed E-state index contributed by atoms with van der Waals surface area (Å²) in [5.41, 5.74) is 0. The summed E-state index contributed by atoms with van der Waals surface area (Å²) in [6.07, 6.45) is 2.35. The van der Waals surface area contributed by atoms with Crippen LogP contribution in [-0.4, -0.2) is 28.3 Å². The maximum Gasteiger partial charge on any atom is 0.218 e. The first kappa shape index (κ1) is 12.6. The minimum Gasteiger partial charge on any atom is -0.474 e. The highest BCUT2D eigenvalue weighted by molar-refractivity contribution is 6.29. The average molecular weight is 257 g/mol. The zero-order valence-electron chi connectivity index (χ0n) is 10.3. The Kier molecular flexibility index (Phi) is 3.84. The third-order valence-corrected chi connectivity index (χ3v) is 2.92. The fraction of sp³-hybridized carbons (Fsp3) is 0.667. The van der Waals surface area contributed by atoms with Gasteiger partial charge in [-0.2, -0.15) is 4.98 Å². The Morgan fingerprint density at radius 2 is 1.94 bits per heavy atom. The van der Waals surface area contributed by atoms with Crippen LogP contribution in [0.2, 0.25) is 5.15 Å². The van der Waals surface area contributed by atoms with Crippen molar-refractivity contribution in [2.24, 2.45) is 0 Å². The summed E-state index contributed by atoms with van der Waals surface area (Å²) in [6, 6.07) is 1.65. The van der Waals surface area contributed by atoms with Gasteiger partial charge in [-0.1, -0.05) is 11.6 Å². The summed E-state index contributed by atoms with van der Waals surface area (Å²) in [5.74, 6) is 1.18. The first-order valence-electron chi connectivity index (χ1n) is 5.86. The van der Waals surface area contributed by atoms with Crippen molar-refractivity contribution in [1.29, 1.82) is 0 Å². The molecule has 0 N–H and O–H groups in total. The molecule has 1 aliphatic rings. The third-order valence-electron chi connectivity index (χ3n) is 2.72. The minimum atomic E-state index is 0.138. The molecule has 5 heteroatoms. The molecule has 1 aromatic heterocycles. The number of hydrogen-bond acceptors (Lipinski definition) is 4. The number of hydrogen-bond donors (Lipinski definition) is 0. The molecule has 17 heavy (non-hydrogen) atoms. The lowest BCUT2D eigenvalue weighted by Crippen LogP contribution is -2.35. The van der Waals surface area contributed by atoms with Crippen LogP contribution < -0.4 is 4.74 Å². The van der Waals surface area contributed by atoms with Crippen LogP contribution in [0.15, 0.2) is 6.07 Å². The van der Waals surface area contributed by atoms with Crippen LogP contribution >= 0.6 is 11.6 Å². The highest BCUT2D eigenvalue weighted by Gasteiger charge is 2.26. The van der Waals surface area contributed by atoms with Crippen molar-refractivity contribution >= 4 is 11.6 Å². The predicted octanol–water partition coefficient (Wildman–Crippen LogP) is 2.77. The standard InChI is InChI=1S/C12H17ClN2O2/c1-7-4-10(5-8(2)16-7)17-12-6-11(13)14-9(3)15-12/h6-8,10H,4-5H2,1-3H3. The number of ether oxygens (including phenoxy) is 2. The van der Waals surface area contributed by atoms with E-state index in [2.05, 4.69) is 23.8 Å². The van der Waals surface area contributed by atoms with E-state index in [1.807, 2.05) is 0 Å². The fourth-order valence-corrected chi connectivity index (χ4v) is 2.39. The summed E-state index contributed by atoms with van der Waals surface area (Å²) in [4.78, 5) is 8.23. The summed E-state index contributed by atoms with van der Waals surface area (Å²) >= 11 is 5.87. The quantitative estimate of drug-likeness (QED) is 0.764.